The van der Waals surface area contributed by atoms with Gasteiger partial charge in [-0.2, -0.15) is 5.06 Å². The Hall–Kier alpha value is -1.23. The Labute approximate surface area is 118 Å². The second-order valence-electron chi connectivity index (χ2n) is 6.83. The van der Waals surface area contributed by atoms with E-state index in [4.69, 9.17) is 4.84 Å². The number of hydroxylamine groups is 2. The first-order valence-corrected chi connectivity index (χ1v) is 7.40. The summed E-state index contributed by atoms with van der Waals surface area (Å²) in [5.74, 6) is 0.272. The Morgan fingerprint density at radius 3 is 2.35 bits per heavy atom. The molecule has 0 N–H and O–H groups in total. The molecule has 2 saturated carbocycles. The highest BCUT2D eigenvalue weighted by Gasteiger charge is 2.63. The summed E-state index contributed by atoms with van der Waals surface area (Å²) in [5, 5.41) is 0.884. The molecule has 3 rings (SSSR count). The van der Waals surface area contributed by atoms with E-state index >= 15 is 0 Å². The van der Waals surface area contributed by atoms with Crippen LogP contribution in [0, 0.1) is 16.7 Å². The fourth-order valence-corrected chi connectivity index (χ4v) is 4.37. The molecule has 3 fully saturated rings. The van der Waals surface area contributed by atoms with Gasteiger partial charge < -0.3 is 0 Å². The van der Waals surface area contributed by atoms with E-state index < -0.39 is 0 Å². The van der Waals surface area contributed by atoms with Crippen LogP contribution in [0.1, 0.15) is 52.4 Å². The third kappa shape index (κ3) is 1.68. The fourth-order valence-electron chi connectivity index (χ4n) is 4.37. The molecule has 3 aliphatic rings. The maximum atomic E-state index is 12.3. The van der Waals surface area contributed by atoms with Crippen LogP contribution in [0.15, 0.2) is 0 Å². The van der Waals surface area contributed by atoms with Gasteiger partial charge in [-0.05, 0) is 30.6 Å². The number of hydrogen-bond acceptors (Lipinski definition) is 4. The quantitative estimate of drug-likeness (QED) is 0.737. The molecule has 1 saturated heterocycles. The molecular formula is C15H21NO4. The molecule has 2 aliphatic carbocycles. The third-order valence-electron chi connectivity index (χ3n) is 5.89. The number of imide groups is 1. The molecule has 20 heavy (non-hydrogen) atoms. The number of rotatable bonds is 4. The number of carbonyl (C=O) groups excluding carboxylic acids is 3. The smallest absolute Gasteiger partial charge is 0.253 e. The molecule has 2 unspecified atom stereocenters. The van der Waals surface area contributed by atoms with Crippen molar-refractivity contribution in [3.05, 3.63) is 0 Å². The topological polar surface area (TPSA) is 63.7 Å². The van der Waals surface area contributed by atoms with Gasteiger partial charge in [-0.3, -0.25) is 19.2 Å². The van der Waals surface area contributed by atoms with Gasteiger partial charge in [0.25, 0.3) is 11.8 Å². The average Bonchev–Trinajstić information content (AvgIpc) is 2.89. The van der Waals surface area contributed by atoms with Gasteiger partial charge in [-0.15, -0.1) is 0 Å². The second-order valence-corrected chi connectivity index (χ2v) is 6.83. The predicted molar refractivity (Wildman–Crippen MR) is 70.2 cm³/mol. The van der Waals surface area contributed by atoms with Crippen LogP contribution in [0.25, 0.3) is 0 Å². The van der Waals surface area contributed by atoms with Crippen molar-refractivity contribution in [2.24, 2.45) is 16.7 Å². The summed E-state index contributed by atoms with van der Waals surface area (Å²) in [4.78, 5) is 40.6. The van der Waals surface area contributed by atoms with Crippen LogP contribution < -0.4 is 0 Å². The Morgan fingerprint density at radius 2 is 1.85 bits per heavy atom. The minimum atomic E-state index is -0.316. The van der Waals surface area contributed by atoms with Crippen molar-refractivity contribution in [1.29, 1.82) is 0 Å². The lowest BCUT2D eigenvalue weighted by molar-refractivity contribution is -0.190. The number of carbonyl (C=O) groups is 3. The van der Waals surface area contributed by atoms with E-state index in [2.05, 4.69) is 13.8 Å². The summed E-state index contributed by atoms with van der Waals surface area (Å²) in [7, 11) is 0. The summed E-state index contributed by atoms with van der Waals surface area (Å²) in [6.45, 7) is 4.60. The van der Waals surface area contributed by atoms with Crippen molar-refractivity contribution < 1.29 is 19.2 Å². The zero-order valence-electron chi connectivity index (χ0n) is 12.1. The van der Waals surface area contributed by atoms with Gasteiger partial charge in [0, 0.05) is 24.7 Å². The van der Waals surface area contributed by atoms with E-state index in [0.717, 1.165) is 17.9 Å². The number of fused-ring (bicyclic) bond motifs is 2. The standard InChI is InChI=1S/C15H21NO4/c1-14(2)10-5-6-15(14,11(17)9-10)7-8-20-16-12(18)3-4-13(16)19/h10H,3-9H2,1-2H3. The van der Waals surface area contributed by atoms with Gasteiger partial charge in [0.15, 0.2) is 0 Å². The summed E-state index contributed by atoms with van der Waals surface area (Å²) < 4.78 is 0. The molecule has 0 aromatic heterocycles. The van der Waals surface area contributed by atoms with E-state index in [-0.39, 0.29) is 42.1 Å². The van der Waals surface area contributed by atoms with Crippen LogP contribution in [-0.4, -0.2) is 29.3 Å². The van der Waals surface area contributed by atoms with Gasteiger partial charge in [0.05, 0.1) is 6.61 Å². The Bertz CT molecular complexity index is 468. The minimum absolute atomic E-state index is 0.00642. The van der Waals surface area contributed by atoms with Crippen LogP contribution in [0.4, 0.5) is 0 Å². The number of amides is 2. The lowest BCUT2D eigenvalue weighted by atomic mass is 9.67. The van der Waals surface area contributed by atoms with Crippen molar-refractivity contribution in [2.45, 2.75) is 52.4 Å². The van der Waals surface area contributed by atoms with E-state index in [0.29, 0.717) is 24.5 Å². The number of nitrogens with zero attached hydrogens (tertiary/aromatic N) is 1. The summed E-state index contributed by atoms with van der Waals surface area (Å²) >= 11 is 0. The van der Waals surface area contributed by atoms with E-state index in [1.807, 2.05) is 0 Å². The Kier molecular flexibility index (Phi) is 3.01. The molecule has 0 aromatic rings. The molecule has 2 atom stereocenters. The van der Waals surface area contributed by atoms with Crippen LogP contribution >= 0.6 is 0 Å². The van der Waals surface area contributed by atoms with Crippen LogP contribution in [0.5, 0.6) is 0 Å². The zero-order chi connectivity index (χ0) is 14.5. The highest BCUT2D eigenvalue weighted by Crippen LogP contribution is 2.65. The van der Waals surface area contributed by atoms with E-state index in [9.17, 15) is 14.4 Å². The summed E-state index contributed by atoms with van der Waals surface area (Å²) in [5.41, 5.74) is -0.310. The molecule has 2 amide bonds. The molecule has 0 aromatic carbocycles. The van der Waals surface area contributed by atoms with Gasteiger partial charge in [0.1, 0.15) is 5.78 Å². The number of hydrogen-bond donors (Lipinski definition) is 0. The molecule has 5 heteroatoms. The van der Waals surface area contributed by atoms with Crippen LogP contribution in [0.2, 0.25) is 0 Å². The molecule has 0 radical (unpaired) electrons. The first-order chi connectivity index (χ1) is 9.38. The molecule has 1 aliphatic heterocycles. The molecule has 5 nitrogen and oxygen atoms in total. The lowest BCUT2D eigenvalue weighted by Crippen LogP contribution is -2.38. The number of ketones is 1. The highest BCUT2D eigenvalue weighted by molar-refractivity contribution is 6.00. The zero-order valence-corrected chi connectivity index (χ0v) is 12.1. The molecule has 110 valence electrons. The minimum Gasteiger partial charge on any atom is -0.299 e. The fraction of sp³-hybridized carbons (Fsp3) is 0.800. The Morgan fingerprint density at radius 1 is 1.20 bits per heavy atom. The van der Waals surface area contributed by atoms with Crippen molar-refractivity contribution in [3.8, 4) is 0 Å². The van der Waals surface area contributed by atoms with E-state index in [1.165, 1.54) is 0 Å². The molecule has 1 heterocycles. The molecule has 0 spiro atoms. The first-order valence-electron chi connectivity index (χ1n) is 7.40. The second kappa shape index (κ2) is 4.38. The molecular weight excluding hydrogens is 258 g/mol. The average molecular weight is 279 g/mol. The van der Waals surface area contributed by atoms with E-state index in [1.54, 1.807) is 0 Å². The van der Waals surface area contributed by atoms with Crippen molar-refractivity contribution in [1.82, 2.24) is 5.06 Å². The monoisotopic (exact) mass is 279 g/mol. The van der Waals surface area contributed by atoms with Gasteiger partial charge in [0.2, 0.25) is 0 Å². The largest absolute Gasteiger partial charge is 0.299 e. The van der Waals surface area contributed by atoms with Crippen molar-refractivity contribution in [2.75, 3.05) is 6.61 Å². The predicted octanol–water partition coefficient (Wildman–Crippen LogP) is 1.85. The van der Waals surface area contributed by atoms with Gasteiger partial charge >= 0.3 is 0 Å². The molecule has 2 bridgehead atoms. The highest BCUT2D eigenvalue weighted by atomic mass is 16.7. The lowest BCUT2D eigenvalue weighted by Gasteiger charge is -2.36. The van der Waals surface area contributed by atoms with Gasteiger partial charge in [-0.25, -0.2) is 0 Å². The third-order valence-corrected chi connectivity index (χ3v) is 5.89. The first kappa shape index (κ1) is 13.7. The SMILES string of the molecule is CC1(C)C2CCC1(CCON1C(=O)CCC1=O)C(=O)C2. The van der Waals surface area contributed by atoms with Crippen molar-refractivity contribution >= 4 is 17.6 Å². The maximum Gasteiger partial charge on any atom is 0.253 e. The summed E-state index contributed by atoms with van der Waals surface area (Å²) in [6, 6.07) is 0. The normalized spacial score (nSPS) is 35.4. The summed E-state index contributed by atoms with van der Waals surface area (Å²) in [6.07, 6.45) is 3.75. The van der Waals surface area contributed by atoms with Crippen LogP contribution in [-0.2, 0) is 19.2 Å². The Balaban J connectivity index is 1.65. The van der Waals surface area contributed by atoms with Gasteiger partial charge in [-0.1, -0.05) is 13.8 Å². The van der Waals surface area contributed by atoms with Crippen molar-refractivity contribution in [3.63, 3.8) is 0 Å². The maximum absolute atomic E-state index is 12.3. The number of Topliss-reactive ketones (excluding diaryl/α,β-unsaturated/α-hetero) is 1. The van der Waals surface area contributed by atoms with Crippen LogP contribution in [0.3, 0.4) is 0 Å².